The highest BCUT2D eigenvalue weighted by atomic mass is 32.2. The summed E-state index contributed by atoms with van der Waals surface area (Å²) >= 11 is 1.44. The Morgan fingerprint density at radius 1 is 1.03 bits per heavy atom. The number of nitrogens with zero attached hydrogens (tertiary/aromatic N) is 1. The van der Waals surface area contributed by atoms with Crippen LogP contribution in [0, 0.1) is 5.82 Å². The molecule has 6 heteroatoms. The Balaban J connectivity index is 2.19. The third-order valence-corrected chi connectivity index (χ3v) is 5.76. The van der Waals surface area contributed by atoms with Crippen LogP contribution in [0.4, 0.5) is 4.39 Å². The van der Waals surface area contributed by atoms with Gasteiger partial charge in [0.05, 0.1) is 5.75 Å². The van der Waals surface area contributed by atoms with E-state index in [9.17, 15) is 14.0 Å². The molecule has 2 aromatic carbocycles. The second kappa shape index (κ2) is 11.6. The number of amides is 2. The van der Waals surface area contributed by atoms with Crippen molar-refractivity contribution < 1.29 is 14.0 Å². The van der Waals surface area contributed by atoms with E-state index in [1.165, 1.54) is 23.9 Å². The standard InChI is InChI=1S/C23H29FN2O2S/c1-4-17(3)25-23(28)21(5-2)26(15-18-11-13-19(24)14-12-18)22(27)16-29-20-9-7-6-8-10-20/h6-14,17,21H,4-5,15-16H2,1-3H3,(H,25,28). The minimum Gasteiger partial charge on any atom is -0.352 e. The van der Waals surface area contributed by atoms with Crippen LogP contribution in [0.1, 0.15) is 39.2 Å². The molecule has 156 valence electrons. The first kappa shape index (κ1) is 22.9. The minimum absolute atomic E-state index is 0.0398. The number of halogens is 1. The number of thioether (sulfide) groups is 1. The van der Waals surface area contributed by atoms with E-state index >= 15 is 0 Å². The molecule has 0 bridgehead atoms. The first-order chi connectivity index (χ1) is 13.9. The average molecular weight is 417 g/mol. The number of hydrogen-bond donors (Lipinski definition) is 1. The molecule has 0 aromatic heterocycles. The van der Waals surface area contributed by atoms with Gasteiger partial charge < -0.3 is 10.2 Å². The predicted octanol–water partition coefficient (Wildman–Crippen LogP) is 4.64. The largest absolute Gasteiger partial charge is 0.352 e. The lowest BCUT2D eigenvalue weighted by molar-refractivity contribution is -0.139. The Hall–Kier alpha value is -2.34. The van der Waals surface area contributed by atoms with Gasteiger partial charge in [-0.15, -0.1) is 11.8 Å². The molecule has 2 aromatic rings. The summed E-state index contributed by atoms with van der Waals surface area (Å²) in [7, 11) is 0. The molecule has 0 fully saturated rings. The molecule has 29 heavy (non-hydrogen) atoms. The van der Waals surface area contributed by atoms with E-state index in [4.69, 9.17) is 0 Å². The zero-order chi connectivity index (χ0) is 21.2. The number of hydrogen-bond acceptors (Lipinski definition) is 3. The molecule has 2 unspecified atom stereocenters. The number of carbonyl (C=O) groups is 2. The first-order valence-electron chi connectivity index (χ1n) is 9.96. The van der Waals surface area contributed by atoms with E-state index in [0.29, 0.717) is 6.42 Å². The van der Waals surface area contributed by atoms with Gasteiger partial charge in [0.2, 0.25) is 11.8 Å². The molecule has 0 saturated heterocycles. The van der Waals surface area contributed by atoms with Gasteiger partial charge in [0.25, 0.3) is 0 Å². The molecular weight excluding hydrogens is 387 g/mol. The molecule has 0 saturated carbocycles. The molecule has 1 N–H and O–H groups in total. The SMILES string of the molecule is CCC(C)NC(=O)C(CC)N(Cc1ccc(F)cc1)C(=O)CSc1ccccc1. The van der Waals surface area contributed by atoms with Crippen molar-refractivity contribution in [2.45, 2.75) is 57.1 Å². The maximum Gasteiger partial charge on any atom is 0.243 e. The molecule has 4 nitrogen and oxygen atoms in total. The first-order valence-corrected chi connectivity index (χ1v) is 10.9. The third kappa shape index (κ3) is 7.20. The van der Waals surface area contributed by atoms with Crippen molar-refractivity contribution in [2.24, 2.45) is 0 Å². The minimum atomic E-state index is -0.571. The molecule has 0 spiro atoms. The van der Waals surface area contributed by atoms with E-state index < -0.39 is 6.04 Å². The fraction of sp³-hybridized carbons (Fsp3) is 0.391. The van der Waals surface area contributed by atoms with Crippen molar-refractivity contribution in [2.75, 3.05) is 5.75 Å². The summed E-state index contributed by atoms with van der Waals surface area (Å²) in [5.74, 6) is -0.359. The number of carbonyl (C=O) groups excluding carboxylic acids is 2. The normalized spacial score (nSPS) is 12.8. The van der Waals surface area contributed by atoms with E-state index in [1.807, 2.05) is 51.1 Å². The molecule has 2 atom stereocenters. The molecule has 2 amide bonds. The smallest absolute Gasteiger partial charge is 0.243 e. The van der Waals surface area contributed by atoms with Crippen molar-refractivity contribution in [1.29, 1.82) is 0 Å². The molecule has 0 aliphatic heterocycles. The second-order valence-electron chi connectivity index (χ2n) is 6.99. The molecule has 0 radical (unpaired) electrons. The topological polar surface area (TPSA) is 49.4 Å². The Morgan fingerprint density at radius 3 is 2.28 bits per heavy atom. The third-order valence-electron chi connectivity index (χ3n) is 4.76. The van der Waals surface area contributed by atoms with Gasteiger partial charge in [-0.2, -0.15) is 0 Å². The zero-order valence-electron chi connectivity index (χ0n) is 17.2. The van der Waals surface area contributed by atoms with Gasteiger partial charge in [-0.1, -0.05) is 44.2 Å². The summed E-state index contributed by atoms with van der Waals surface area (Å²) in [4.78, 5) is 28.5. The van der Waals surface area contributed by atoms with E-state index in [0.717, 1.165) is 16.9 Å². The van der Waals surface area contributed by atoms with E-state index in [-0.39, 0.29) is 36.0 Å². The highest BCUT2D eigenvalue weighted by molar-refractivity contribution is 8.00. The van der Waals surface area contributed by atoms with Crippen molar-refractivity contribution >= 4 is 23.6 Å². The van der Waals surface area contributed by atoms with Crippen LogP contribution < -0.4 is 5.32 Å². The molecule has 0 aliphatic rings. The molecule has 0 aliphatic carbocycles. The van der Waals surface area contributed by atoms with Gasteiger partial charge in [-0.25, -0.2) is 4.39 Å². The van der Waals surface area contributed by atoms with Crippen molar-refractivity contribution in [3.8, 4) is 0 Å². The fourth-order valence-electron chi connectivity index (χ4n) is 2.89. The van der Waals surface area contributed by atoms with Crippen LogP contribution in [0.2, 0.25) is 0 Å². The van der Waals surface area contributed by atoms with E-state index in [1.54, 1.807) is 17.0 Å². The van der Waals surface area contributed by atoms with Crippen molar-refractivity contribution in [3.05, 3.63) is 66.0 Å². The lowest BCUT2D eigenvalue weighted by Crippen LogP contribution is -2.51. The van der Waals surface area contributed by atoms with E-state index in [2.05, 4.69) is 5.32 Å². The number of rotatable bonds is 10. The summed E-state index contributed by atoms with van der Waals surface area (Å²) < 4.78 is 13.3. The summed E-state index contributed by atoms with van der Waals surface area (Å²) in [5.41, 5.74) is 0.791. The van der Waals surface area contributed by atoms with Gasteiger partial charge in [0.15, 0.2) is 0 Å². The van der Waals surface area contributed by atoms with Gasteiger partial charge in [-0.05, 0) is 49.6 Å². The van der Waals surface area contributed by atoms with Crippen LogP contribution in [0.25, 0.3) is 0 Å². The van der Waals surface area contributed by atoms with Crippen LogP contribution in [-0.4, -0.2) is 34.6 Å². The quantitative estimate of drug-likeness (QED) is 0.574. The number of benzene rings is 2. The summed E-state index contributed by atoms with van der Waals surface area (Å²) in [6.45, 7) is 6.11. The second-order valence-corrected chi connectivity index (χ2v) is 8.04. The Labute approximate surface area is 176 Å². The van der Waals surface area contributed by atoms with Gasteiger partial charge >= 0.3 is 0 Å². The highest BCUT2D eigenvalue weighted by Crippen LogP contribution is 2.20. The predicted molar refractivity (Wildman–Crippen MR) is 116 cm³/mol. The lowest BCUT2D eigenvalue weighted by Gasteiger charge is -2.31. The van der Waals surface area contributed by atoms with Crippen LogP contribution in [0.3, 0.4) is 0 Å². The highest BCUT2D eigenvalue weighted by Gasteiger charge is 2.29. The molecular formula is C23H29FN2O2S. The maximum atomic E-state index is 13.3. The van der Waals surface area contributed by atoms with Crippen LogP contribution in [0.5, 0.6) is 0 Å². The van der Waals surface area contributed by atoms with Crippen molar-refractivity contribution in [1.82, 2.24) is 10.2 Å². The number of nitrogens with one attached hydrogen (secondary N) is 1. The Morgan fingerprint density at radius 2 is 1.69 bits per heavy atom. The summed E-state index contributed by atoms with van der Waals surface area (Å²) in [6, 6.07) is 15.2. The lowest BCUT2D eigenvalue weighted by atomic mass is 10.1. The summed E-state index contributed by atoms with van der Waals surface area (Å²) in [5, 5.41) is 2.98. The van der Waals surface area contributed by atoms with Crippen molar-refractivity contribution in [3.63, 3.8) is 0 Å². The molecule has 0 heterocycles. The monoisotopic (exact) mass is 416 g/mol. The Kier molecular flexibility index (Phi) is 9.19. The Bertz CT molecular complexity index is 783. The van der Waals surface area contributed by atoms with Gasteiger partial charge in [0, 0.05) is 17.5 Å². The van der Waals surface area contributed by atoms with Crippen LogP contribution in [0.15, 0.2) is 59.5 Å². The van der Waals surface area contributed by atoms with Gasteiger partial charge in [-0.3, -0.25) is 9.59 Å². The zero-order valence-corrected chi connectivity index (χ0v) is 18.0. The fourth-order valence-corrected chi connectivity index (χ4v) is 3.70. The summed E-state index contributed by atoms with van der Waals surface area (Å²) in [6.07, 6.45) is 1.32. The van der Waals surface area contributed by atoms with Gasteiger partial charge in [0.1, 0.15) is 11.9 Å². The molecule has 2 rings (SSSR count). The maximum absolute atomic E-state index is 13.3. The van der Waals surface area contributed by atoms with Crippen LogP contribution in [-0.2, 0) is 16.1 Å². The van der Waals surface area contributed by atoms with Crippen LogP contribution >= 0.6 is 11.8 Å². The average Bonchev–Trinajstić information content (AvgIpc) is 2.73.